The summed E-state index contributed by atoms with van der Waals surface area (Å²) in [5.74, 6) is -0.355. The molecular weight excluding hydrogens is 336 g/mol. The molecule has 9 nitrogen and oxygen atoms in total. The van der Waals surface area contributed by atoms with Gasteiger partial charge in [-0.15, -0.1) is 0 Å². The maximum Gasteiger partial charge on any atom is 0.187 e. The molecule has 0 spiro atoms. The van der Waals surface area contributed by atoms with Gasteiger partial charge in [0.15, 0.2) is 6.29 Å². The Bertz CT molecular complexity index is 582. The first-order valence-electron chi connectivity index (χ1n) is 8.51. The fourth-order valence-electron chi connectivity index (χ4n) is 5.21. The van der Waals surface area contributed by atoms with Crippen LogP contribution < -0.4 is 0 Å². The molecular formula is C16H24O9. The predicted octanol–water partition coefficient (Wildman–Crippen LogP) is -2.70. The highest BCUT2D eigenvalue weighted by molar-refractivity contribution is 5.88. The van der Waals surface area contributed by atoms with Gasteiger partial charge in [-0.05, 0) is 13.3 Å². The molecule has 9 atom stereocenters. The Balaban J connectivity index is 1.65. The lowest BCUT2D eigenvalue weighted by molar-refractivity contribution is -0.379. The number of carbonyl (C=O) groups is 1. The standard InChI is InChI=1S/C16H24O9/c1-14-3-8(19)7-2-16(14,15(7,5-18)6-23-14)25-13-12(22)11(21)10(20)9(4-17)24-13/h7,9-13,17-18,20-22H,2-6H2,1H3/t7?,9-,10-,11+,12-,13+,14?,15?,16-/m1/s1. The Labute approximate surface area is 144 Å². The quantitative estimate of drug-likeness (QED) is 0.361. The first-order chi connectivity index (χ1) is 11.7. The normalized spacial score (nSPS) is 57.4. The fraction of sp³-hybridized carbons (Fsp3) is 0.938. The lowest BCUT2D eigenvalue weighted by atomic mass is 9.41. The topological polar surface area (TPSA) is 146 Å². The van der Waals surface area contributed by atoms with Crippen LogP contribution in [0.15, 0.2) is 0 Å². The van der Waals surface area contributed by atoms with Crippen LogP contribution in [0.2, 0.25) is 0 Å². The van der Waals surface area contributed by atoms with Gasteiger partial charge < -0.3 is 39.7 Å². The SMILES string of the molecule is CC12CC(=O)C3C[C@]1(O[C@@H]1O[C@H](CO)[C@@H](O)[C@H](O)[C@H]1O)C3(CO)CO2. The van der Waals surface area contributed by atoms with E-state index in [0.29, 0.717) is 6.42 Å². The second-order valence-electron chi connectivity index (χ2n) is 7.88. The van der Waals surface area contributed by atoms with Gasteiger partial charge in [-0.1, -0.05) is 0 Å². The van der Waals surface area contributed by atoms with Gasteiger partial charge in [0.1, 0.15) is 41.4 Å². The summed E-state index contributed by atoms with van der Waals surface area (Å²) in [6.07, 6.45) is -6.51. The summed E-state index contributed by atoms with van der Waals surface area (Å²) >= 11 is 0. The third-order valence-electron chi connectivity index (χ3n) is 6.81. The first-order valence-corrected chi connectivity index (χ1v) is 8.51. The van der Waals surface area contributed by atoms with Crippen LogP contribution in [0.3, 0.4) is 0 Å². The van der Waals surface area contributed by atoms with E-state index < -0.39 is 53.9 Å². The number of fused-ring (bicyclic) bond motifs is 1. The van der Waals surface area contributed by atoms with E-state index >= 15 is 0 Å². The minimum absolute atomic E-state index is 0.0216. The molecule has 3 aliphatic carbocycles. The second-order valence-corrected chi connectivity index (χ2v) is 7.88. The zero-order valence-corrected chi connectivity index (χ0v) is 13.9. The summed E-state index contributed by atoms with van der Waals surface area (Å²) in [5, 5.41) is 49.4. The van der Waals surface area contributed by atoms with Crippen molar-refractivity contribution < 1.29 is 44.5 Å². The molecule has 5 rings (SSSR count). The molecule has 9 heteroatoms. The van der Waals surface area contributed by atoms with Gasteiger partial charge >= 0.3 is 0 Å². The van der Waals surface area contributed by atoms with E-state index in [0.717, 1.165) is 0 Å². The third-order valence-corrected chi connectivity index (χ3v) is 6.81. The Hall–Kier alpha value is -0.650. The number of rotatable bonds is 4. The van der Waals surface area contributed by atoms with Crippen LogP contribution in [-0.2, 0) is 19.0 Å². The summed E-state index contributed by atoms with van der Waals surface area (Å²) in [6, 6.07) is 0. The van der Waals surface area contributed by atoms with Gasteiger partial charge in [-0.25, -0.2) is 0 Å². The Kier molecular flexibility index (Phi) is 3.85. The van der Waals surface area contributed by atoms with Crippen LogP contribution in [0.1, 0.15) is 19.8 Å². The molecule has 2 saturated heterocycles. The second kappa shape index (κ2) is 5.43. The van der Waals surface area contributed by atoms with Crippen LogP contribution in [0.25, 0.3) is 0 Å². The van der Waals surface area contributed by atoms with E-state index in [-0.39, 0.29) is 31.3 Å². The Morgan fingerprint density at radius 2 is 1.92 bits per heavy atom. The van der Waals surface area contributed by atoms with Crippen molar-refractivity contribution in [3.8, 4) is 0 Å². The molecule has 5 fully saturated rings. The van der Waals surface area contributed by atoms with Crippen LogP contribution >= 0.6 is 0 Å². The molecule has 5 N–H and O–H groups in total. The van der Waals surface area contributed by atoms with E-state index in [1.807, 2.05) is 0 Å². The minimum Gasteiger partial charge on any atom is -0.396 e. The smallest absolute Gasteiger partial charge is 0.187 e. The van der Waals surface area contributed by atoms with E-state index in [4.69, 9.17) is 14.2 Å². The van der Waals surface area contributed by atoms with Gasteiger partial charge in [0.05, 0.1) is 25.2 Å². The van der Waals surface area contributed by atoms with E-state index in [2.05, 4.69) is 0 Å². The molecule has 0 amide bonds. The zero-order valence-electron chi connectivity index (χ0n) is 13.9. The summed E-state index contributed by atoms with van der Waals surface area (Å²) in [7, 11) is 0. The highest BCUT2D eigenvalue weighted by Gasteiger charge is 2.83. The summed E-state index contributed by atoms with van der Waals surface area (Å²) in [6.45, 7) is 1.03. The lowest BCUT2D eigenvalue weighted by Crippen LogP contribution is -2.79. The molecule has 3 saturated carbocycles. The molecule has 3 unspecified atom stereocenters. The molecule has 2 heterocycles. The number of Topliss-reactive ketones (excluding diaryl/α,β-unsaturated/α-hetero) is 1. The Morgan fingerprint density at radius 3 is 2.56 bits per heavy atom. The summed E-state index contributed by atoms with van der Waals surface area (Å²) in [4.78, 5) is 12.3. The van der Waals surface area contributed by atoms with Crippen molar-refractivity contribution >= 4 is 5.78 Å². The van der Waals surface area contributed by atoms with Gasteiger partial charge in [0, 0.05) is 12.3 Å². The van der Waals surface area contributed by atoms with E-state index in [1.165, 1.54) is 0 Å². The molecule has 25 heavy (non-hydrogen) atoms. The van der Waals surface area contributed by atoms with Crippen molar-refractivity contribution in [3.63, 3.8) is 0 Å². The zero-order chi connectivity index (χ0) is 18.2. The van der Waals surface area contributed by atoms with Crippen LogP contribution in [0.4, 0.5) is 0 Å². The molecule has 0 aromatic rings. The molecule has 0 aromatic heterocycles. The van der Waals surface area contributed by atoms with Gasteiger partial charge in [-0.2, -0.15) is 0 Å². The monoisotopic (exact) mass is 360 g/mol. The van der Waals surface area contributed by atoms with Crippen molar-refractivity contribution in [2.75, 3.05) is 19.8 Å². The van der Waals surface area contributed by atoms with Crippen LogP contribution in [-0.4, -0.2) is 93.0 Å². The average Bonchev–Trinajstić information content (AvgIpc) is 2.67. The maximum absolute atomic E-state index is 12.3. The van der Waals surface area contributed by atoms with Crippen molar-refractivity contribution in [1.82, 2.24) is 0 Å². The van der Waals surface area contributed by atoms with Gasteiger partial charge in [0.25, 0.3) is 0 Å². The number of carbonyl (C=O) groups excluding carboxylic acids is 1. The van der Waals surface area contributed by atoms with Crippen molar-refractivity contribution in [1.29, 1.82) is 0 Å². The largest absolute Gasteiger partial charge is 0.396 e. The molecule has 0 radical (unpaired) electrons. The van der Waals surface area contributed by atoms with Crippen molar-refractivity contribution in [3.05, 3.63) is 0 Å². The predicted molar refractivity (Wildman–Crippen MR) is 79.2 cm³/mol. The molecule has 142 valence electrons. The Morgan fingerprint density at radius 1 is 1.20 bits per heavy atom. The van der Waals surface area contributed by atoms with Gasteiger partial charge in [-0.3, -0.25) is 4.79 Å². The third kappa shape index (κ3) is 1.93. The van der Waals surface area contributed by atoms with Gasteiger partial charge in [0.2, 0.25) is 0 Å². The van der Waals surface area contributed by atoms with Crippen molar-refractivity contribution in [2.24, 2.45) is 11.3 Å². The summed E-state index contributed by atoms with van der Waals surface area (Å²) < 4.78 is 17.4. The van der Waals surface area contributed by atoms with Crippen molar-refractivity contribution in [2.45, 2.75) is 61.7 Å². The van der Waals surface area contributed by atoms with E-state index in [9.17, 15) is 30.3 Å². The van der Waals surface area contributed by atoms with Crippen LogP contribution in [0, 0.1) is 11.3 Å². The molecule has 2 aliphatic heterocycles. The first kappa shape index (κ1) is 17.7. The highest BCUT2D eigenvalue weighted by atomic mass is 16.7. The molecule has 5 aliphatic rings. The van der Waals surface area contributed by atoms with Crippen LogP contribution in [0.5, 0.6) is 0 Å². The maximum atomic E-state index is 12.3. The minimum atomic E-state index is -1.55. The lowest BCUT2D eigenvalue weighted by Gasteiger charge is -2.66. The highest BCUT2D eigenvalue weighted by Crippen LogP contribution is 2.71. The average molecular weight is 360 g/mol. The number of ether oxygens (including phenoxy) is 3. The fourth-order valence-corrected chi connectivity index (χ4v) is 5.21. The van der Waals surface area contributed by atoms with E-state index in [1.54, 1.807) is 6.92 Å². The number of hydrogen-bond acceptors (Lipinski definition) is 9. The number of aliphatic hydroxyl groups excluding tert-OH is 5. The number of hydrogen-bond donors (Lipinski definition) is 5. The molecule has 0 aromatic carbocycles. The number of aliphatic hydroxyl groups is 5. The molecule has 4 bridgehead atoms. The summed E-state index contributed by atoms with van der Waals surface area (Å²) in [5.41, 5.74) is -2.92. The number of ketones is 1.